The van der Waals surface area contributed by atoms with Gasteiger partial charge in [-0.1, -0.05) is 41.5 Å². The van der Waals surface area contributed by atoms with Crippen LogP contribution in [-0.2, 0) is 12.0 Å². The van der Waals surface area contributed by atoms with Crippen LogP contribution in [0.25, 0.3) is 33.8 Å². The van der Waals surface area contributed by atoms with Crippen LogP contribution in [0.5, 0.6) is 0 Å². The lowest BCUT2D eigenvalue weighted by Crippen LogP contribution is -2.17. The first-order chi connectivity index (χ1) is 14.8. The largest absolute Gasteiger partial charge is 0.369 e. The maximum atomic E-state index is 14.7. The van der Waals surface area contributed by atoms with E-state index in [1.165, 1.54) is 12.1 Å². The number of hydrogen-bond acceptors (Lipinski definition) is 4. The predicted molar refractivity (Wildman–Crippen MR) is 123 cm³/mol. The molecule has 4 aromatic rings. The lowest BCUT2D eigenvalue weighted by Gasteiger charge is -2.19. The number of nitrogen functional groups attached to an aromatic ring is 1. The molecule has 0 aliphatic carbocycles. The monoisotopic (exact) mass is 438 g/mol. The normalized spacial score (nSPS) is 12.6. The maximum absolute atomic E-state index is 14.7. The van der Waals surface area contributed by atoms with Gasteiger partial charge in [-0.15, -0.1) is 0 Å². The summed E-state index contributed by atoms with van der Waals surface area (Å²) in [7, 11) is 0. The number of pyridine rings is 1. The molecule has 3 N–H and O–H groups in total. The van der Waals surface area contributed by atoms with Gasteiger partial charge in [-0.05, 0) is 29.7 Å². The van der Waals surface area contributed by atoms with E-state index in [-0.39, 0.29) is 16.4 Å². The van der Waals surface area contributed by atoms with Crippen molar-refractivity contribution in [3.05, 3.63) is 47.8 Å². The molecule has 0 aliphatic heterocycles. The summed E-state index contributed by atoms with van der Waals surface area (Å²) in [6.45, 7) is 13.0. The van der Waals surface area contributed by atoms with E-state index in [0.717, 1.165) is 6.07 Å². The molecular formula is C24H28F2N6. The van der Waals surface area contributed by atoms with E-state index in [2.05, 4.69) is 30.7 Å². The Labute approximate surface area is 185 Å². The molecule has 0 bridgehead atoms. The number of nitrogens with zero attached hydrogens (tertiary/aromatic N) is 4. The third-order valence-electron chi connectivity index (χ3n) is 5.11. The van der Waals surface area contributed by atoms with Crippen molar-refractivity contribution in [1.29, 1.82) is 0 Å². The van der Waals surface area contributed by atoms with Gasteiger partial charge in [0.15, 0.2) is 5.65 Å². The smallest absolute Gasteiger partial charge is 0.202 e. The van der Waals surface area contributed by atoms with Crippen molar-refractivity contribution in [2.45, 2.75) is 53.5 Å². The van der Waals surface area contributed by atoms with Crippen LogP contribution < -0.4 is 5.73 Å². The Hall–Kier alpha value is -3.29. The van der Waals surface area contributed by atoms with E-state index in [9.17, 15) is 8.78 Å². The summed E-state index contributed by atoms with van der Waals surface area (Å²) in [5.74, 6) is -0.236. The van der Waals surface area contributed by atoms with E-state index >= 15 is 0 Å². The van der Waals surface area contributed by atoms with Crippen molar-refractivity contribution < 1.29 is 8.78 Å². The van der Waals surface area contributed by atoms with Crippen LogP contribution >= 0.6 is 0 Å². The van der Waals surface area contributed by atoms with Gasteiger partial charge < -0.3 is 10.7 Å². The highest BCUT2D eigenvalue weighted by molar-refractivity contribution is 5.82. The second-order valence-corrected chi connectivity index (χ2v) is 10.3. The highest BCUT2D eigenvalue weighted by Crippen LogP contribution is 2.35. The number of nitrogens with one attached hydrogen (secondary N) is 1. The van der Waals surface area contributed by atoms with Gasteiger partial charge in [-0.3, -0.25) is 4.57 Å². The maximum Gasteiger partial charge on any atom is 0.202 e. The number of rotatable bonds is 3. The average Bonchev–Trinajstić information content (AvgIpc) is 3.22. The summed E-state index contributed by atoms with van der Waals surface area (Å²) in [4.78, 5) is 17.3. The molecule has 1 aromatic carbocycles. The highest BCUT2D eigenvalue weighted by Gasteiger charge is 2.25. The fraction of sp³-hybridized carbons (Fsp3) is 0.375. The number of nitrogens with two attached hydrogens (primary N) is 1. The van der Waals surface area contributed by atoms with Crippen molar-refractivity contribution in [2.24, 2.45) is 5.41 Å². The highest BCUT2D eigenvalue weighted by atomic mass is 19.1. The van der Waals surface area contributed by atoms with E-state index < -0.39 is 11.6 Å². The Morgan fingerprint density at radius 2 is 1.69 bits per heavy atom. The average molecular weight is 439 g/mol. The van der Waals surface area contributed by atoms with Crippen LogP contribution in [0, 0.1) is 17.0 Å². The molecule has 0 saturated heterocycles. The first kappa shape index (κ1) is 21.9. The van der Waals surface area contributed by atoms with Crippen LogP contribution in [0.3, 0.4) is 0 Å². The van der Waals surface area contributed by atoms with Gasteiger partial charge in [0.25, 0.3) is 0 Å². The van der Waals surface area contributed by atoms with Crippen molar-refractivity contribution in [2.75, 3.05) is 5.73 Å². The molecule has 168 valence electrons. The zero-order chi connectivity index (χ0) is 23.4. The number of fused-ring (bicyclic) bond motifs is 1. The molecule has 4 rings (SSSR count). The van der Waals surface area contributed by atoms with E-state index in [0.29, 0.717) is 46.6 Å². The van der Waals surface area contributed by atoms with Gasteiger partial charge in [-0.2, -0.15) is 0 Å². The zero-order valence-electron chi connectivity index (χ0n) is 19.2. The minimum Gasteiger partial charge on any atom is -0.369 e. The second-order valence-electron chi connectivity index (χ2n) is 10.3. The molecule has 0 spiro atoms. The predicted octanol–water partition coefficient (Wildman–Crippen LogP) is 5.69. The third-order valence-corrected chi connectivity index (χ3v) is 5.11. The molecule has 6 nitrogen and oxygen atoms in total. The molecule has 0 atom stereocenters. The molecule has 0 unspecified atom stereocenters. The lowest BCUT2D eigenvalue weighted by molar-refractivity contribution is 0.350. The summed E-state index contributed by atoms with van der Waals surface area (Å²) >= 11 is 0. The molecular weight excluding hydrogens is 410 g/mol. The molecule has 0 amide bonds. The Bertz CT molecular complexity index is 1300. The van der Waals surface area contributed by atoms with Gasteiger partial charge in [0.2, 0.25) is 5.95 Å². The van der Waals surface area contributed by atoms with Crippen LogP contribution in [0.15, 0.2) is 30.3 Å². The fourth-order valence-electron chi connectivity index (χ4n) is 3.58. The van der Waals surface area contributed by atoms with Crippen molar-refractivity contribution in [1.82, 2.24) is 24.5 Å². The minimum absolute atomic E-state index is 0.0342. The third kappa shape index (κ3) is 4.09. The molecule has 0 radical (unpaired) electrons. The Morgan fingerprint density at radius 3 is 2.31 bits per heavy atom. The quantitative estimate of drug-likeness (QED) is 0.430. The Balaban J connectivity index is 1.94. The van der Waals surface area contributed by atoms with Crippen LogP contribution in [0.1, 0.15) is 47.4 Å². The summed E-state index contributed by atoms with van der Waals surface area (Å²) in [5.41, 5.74) is 8.87. The molecule has 3 aromatic heterocycles. The van der Waals surface area contributed by atoms with Crippen molar-refractivity contribution >= 4 is 17.1 Å². The Kier molecular flexibility index (Phi) is 5.07. The van der Waals surface area contributed by atoms with Crippen LogP contribution in [-0.4, -0.2) is 24.5 Å². The molecule has 0 aliphatic rings. The second kappa shape index (κ2) is 7.39. The minimum atomic E-state index is -0.668. The van der Waals surface area contributed by atoms with Gasteiger partial charge in [0.05, 0.1) is 11.4 Å². The fourth-order valence-corrected chi connectivity index (χ4v) is 3.58. The topological polar surface area (TPSA) is 85.4 Å². The lowest BCUT2D eigenvalue weighted by atomic mass is 9.96. The molecule has 0 fully saturated rings. The number of benzene rings is 1. The number of imidazole rings is 2. The van der Waals surface area contributed by atoms with Crippen LogP contribution in [0.4, 0.5) is 14.7 Å². The van der Waals surface area contributed by atoms with Gasteiger partial charge >= 0.3 is 0 Å². The van der Waals surface area contributed by atoms with Gasteiger partial charge in [0.1, 0.15) is 28.7 Å². The van der Waals surface area contributed by atoms with Crippen molar-refractivity contribution in [3.63, 3.8) is 0 Å². The van der Waals surface area contributed by atoms with E-state index in [4.69, 9.17) is 15.7 Å². The number of anilines is 1. The molecule has 32 heavy (non-hydrogen) atoms. The summed E-state index contributed by atoms with van der Waals surface area (Å²) in [6.07, 6.45) is 0. The Morgan fingerprint density at radius 1 is 0.969 bits per heavy atom. The SMILES string of the molecule is CC(C)(C)Cn1c(N)nc2ccc(-c3nc(C(C)(C)C)[nH]c3-c3ccc(F)cc3F)nc21. The van der Waals surface area contributed by atoms with Crippen molar-refractivity contribution in [3.8, 4) is 22.6 Å². The summed E-state index contributed by atoms with van der Waals surface area (Å²) in [6, 6.07) is 7.14. The zero-order valence-corrected chi connectivity index (χ0v) is 19.2. The van der Waals surface area contributed by atoms with Gasteiger partial charge in [-0.25, -0.2) is 23.7 Å². The number of aromatic nitrogens is 5. The van der Waals surface area contributed by atoms with Gasteiger partial charge in [0, 0.05) is 23.6 Å². The first-order valence-electron chi connectivity index (χ1n) is 10.5. The van der Waals surface area contributed by atoms with Crippen LogP contribution in [0.2, 0.25) is 0 Å². The number of halogens is 2. The summed E-state index contributed by atoms with van der Waals surface area (Å²) < 4.78 is 30.1. The molecule has 8 heteroatoms. The van der Waals surface area contributed by atoms with E-state index in [1.807, 2.05) is 31.4 Å². The number of aromatic amines is 1. The molecule has 0 saturated carbocycles. The molecule has 3 heterocycles. The van der Waals surface area contributed by atoms with E-state index in [1.54, 1.807) is 6.07 Å². The summed E-state index contributed by atoms with van der Waals surface area (Å²) in [5, 5.41) is 0. The first-order valence-corrected chi connectivity index (χ1v) is 10.5. The number of H-pyrrole nitrogens is 1. The number of hydrogen-bond donors (Lipinski definition) is 2. The standard InChI is InChI=1S/C24H28F2N6/c1-23(2,3)12-32-20-17(29-22(32)27)10-9-16(28-20)19-18(30-21(31-19)24(4,5)6)14-8-7-13(25)11-15(14)26/h7-11H,12H2,1-6H3,(H2,27,29)(H,30,31).